The van der Waals surface area contributed by atoms with Crippen molar-refractivity contribution in [3.8, 4) is 0 Å². The number of aliphatic hydroxyl groups is 1. The topological polar surface area (TPSA) is 75.4 Å². The number of aliphatic hydroxyl groups excluding tert-OH is 1. The average molecular weight is 226 g/mol. The van der Waals surface area contributed by atoms with Gasteiger partial charge in [0.15, 0.2) is 0 Å². The molecule has 4 N–H and O–H groups in total. The van der Waals surface area contributed by atoms with Gasteiger partial charge in [0, 0.05) is 30.5 Å². The minimum atomic E-state index is 0.106. The molecular formula is C12H22N2O2. The molecule has 0 aromatic carbocycles. The SMILES string of the molecule is NC1CCC(C(=O)NC2CCCC2CO)C1. The Balaban J connectivity index is 1.82. The lowest BCUT2D eigenvalue weighted by Crippen LogP contribution is -2.41. The Hall–Kier alpha value is -0.610. The molecule has 2 rings (SSSR count). The summed E-state index contributed by atoms with van der Waals surface area (Å²) in [5.41, 5.74) is 5.80. The molecule has 0 saturated heterocycles. The monoisotopic (exact) mass is 226 g/mol. The Morgan fingerprint density at radius 1 is 1.31 bits per heavy atom. The summed E-state index contributed by atoms with van der Waals surface area (Å²) >= 11 is 0. The Morgan fingerprint density at radius 2 is 2.12 bits per heavy atom. The fourth-order valence-electron chi connectivity index (χ4n) is 3.00. The first-order chi connectivity index (χ1) is 7.70. The van der Waals surface area contributed by atoms with Crippen LogP contribution in [-0.4, -0.2) is 29.7 Å². The van der Waals surface area contributed by atoms with Crippen molar-refractivity contribution in [1.29, 1.82) is 0 Å². The van der Waals surface area contributed by atoms with Gasteiger partial charge in [-0.1, -0.05) is 6.42 Å². The van der Waals surface area contributed by atoms with Crippen LogP contribution in [0.4, 0.5) is 0 Å². The molecule has 4 nitrogen and oxygen atoms in total. The first-order valence-corrected chi connectivity index (χ1v) is 6.37. The molecule has 2 aliphatic rings. The molecular weight excluding hydrogens is 204 g/mol. The lowest BCUT2D eigenvalue weighted by molar-refractivity contribution is -0.125. The van der Waals surface area contributed by atoms with Gasteiger partial charge in [-0.15, -0.1) is 0 Å². The summed E-state index contributed by atoms with van der Waals surface area (Å²) in [4.78, 5) is 12.0. The lowest BCUT2D eigenvalue weighted by atomic mass is 10.0. The van der Waals surface area contributed by atoms with E-state index in [0.29, 0.717) is 0 Å². The molecule has 2 aliphatic carbocycles. The van der Waals surface area contributed by atoms with E-state index in [1.54, 1.807) is 0 Å². The minimum Gasteiger partial charge on any atom is -0.396 e. The fourth-order valence-corrected chi connectivity index (χ4v) is 3.00. The second-order valence-corrected chi connectivity index (χ2v) is 5.26. The number of amides is 1. The van der Waals surface area contributed by atoms with E-state index in [0.717, 1.165) is 38.5 Å². The van der Waals surface area contributed by atoms with Gasteiger partial charge in [-0.05, 0) is 32.1 Å². The molecule has 0 aromatic rings. The zero-order chi connectivity index (χ0) is 11.5. The molecule has 4 atom stereocenters. The van der Waals surface area contributed by atoms with Crippen LogP contribution in [0.25, 0.3) is 0 Å². The van der Waals surface area contributed by atoms with E-state index >= 15 is 0 Å². The van der Waals surface area contributed by atoms with Gasteiger partial charge < -0.3 is 16.2 Å². The second kappa shape index (κ2) is 5.15. The third kappa shape index (κ3) is 2.55. The highest BCUT2D eigenvalue weighted by atomic mass is 16.3. The minimum absolute atomic E-state index is 0.106. The van der Waals surface area contributed by atoms with Crippen molar-refractivity contribution < 1.29 is 9.90 Å². The van der Waals surface area contributed by atoms with Gasteiger partial charge in [0.25, 0.3) is 0 Å². The van der Waals surface area contributed by atoms with Crippen molar-refractivity contribution in [2.75, 3.05) is 6.61 Å². The first kappa shape index (κ1) is 11.9. The van der Waals surface area contributed by atoms with E-state index < -0.39 is 0 Å². The Morgan fingerprint density at radius 3 is 2.75 bits per heavy atom. The normalized spacial score (nSPS) is 38.9. The van der Waals surface area contributed by atoms with E-state index in [1.165, 1.54) is 0 Å². The summed E-state index contributed by atoms with van der Waals surface area (Å²) in [5.74, 6) is 0.521. The van der Waals surface area contributed by atoms with Crippen LogP contribution in [0.2, 0.25) is 0 Å². The van der Waals surface area contributed by atoms with E-state index in [1.807, 2.05) is 0 Å². The molecule has 0 heterocycles. The standard InChI is InChI=1S/C12H22N2O2/c13-10-5-4-8(6-10)12(16)14-11-3-1-2-9(11)7-15/h8-11,15H,1-7,13H2,(H,14,16). The van der Waals surface area contributed by atoms with Crippen LogP contribution in [0.15, 0.2) is 0 Å². The molecule has 4 heteroatoms. The molecule has 1 amide bonds. The Kier molecular flexibility index (Phi) is 3.82. The molecule has 2 saturated carbocycles. The summed E-state index contributed by atoms with van der Waals surface area (Å²) in [6.07, 6.45) is 5.86. The van der Waals surface area contributed by atoms with Gasteiger partial charge in [0.1, 0.15) is 0 Å². The molecule has 0 aromatic heterocycles. The zero-order valence-electron chi connectivity index (χ0n) is 9.69. The number of nitrogens with one attached hydrogen (secondary N) is 1. The number of hydrogen-bond acceptors (Lipinski definition) is 3. The number of hydrogen-bond donors (Lipinski definition) is 3. The van der Waals surface area contributed by atoms with Crippen molar-refractivity contribution in [3.05, 3.63) is 0 Å². The number of carbonyl (C=O) groups is 1. The Bertz CT molecular complexity index is 257. The highest BCUT2D eigenvalue weighted by Crippen LogP contribution is 2.28. The van der Waals surface area contributed by atoms with E-state index in [-0.39, 0.29) is 36.4 Å². The highest BCUT2D eigenvalue weighted by molar-refractivity contribution is 5.79. The first-order valence-electron chi connectivity index (χ1n) is 6.37. The third-order valence-corrected chi connectivity index (χ3v) is 4.07. The molecule has 0 aliphatic heterocycles. The van der Waals surface area contributed by atoms with Gasteiger partial charge >= 0.3 is 0 Å². The predicted octanol–water partition coefficient (Wildman–Crippen LogP) is 0.391. The zero-order valence-corrected chi connectivity index (χ0v) is 9.69. The summed E-state index contributed by atoms with van der Waals surface area (Å²) in [6, 6.07) is 0.391. The van der Waals surface area contributed by atoms with Crippen molar-refractivity contribution in [2.45, 2.75) is 50.6 Å². The van der Waals surface area contributed by atoms with Crippen molar-refractivity contribution in [3.63, 3.8) is 0 Å². The fraction of sp³-hybridized carbons (Fsp3) is 0.917. The van der Waals surface area contributed by atoms with Crippen LogP contribution in [0.3, 0.4) is 0 Å². The van der Waals surface area contributed by atoms with Gasteiger partial charge in [-0.2, -0.15) is 0 Å². The van der Waals surface area contributed by atoms with Crippen molar-refractivity contribution in [1.82, 2.24) is 5.32 Å². The van der Waals surface area contributed by atoms with Crippen LogP contribution in [0.1, 0.15) is 38.5 Å². The highest BCUT2D eigenvalue weighted by Gasteiger charge is 2.32. The van der Waals surface area contributed by atoms with E-state index in [9.17, 15) is 9.90 Å². The van der Waals surface area contributed by atoms with Crippen LogP contribution in [0.5, 0.6) is 0 Å². The van der Waals surface area contributed by atoms with Crippen LogP contribution >= 0.6 is 0 Å². The maximum Gasteiger partial charge on any atom is 0.223 e. The smallest absolute Gasteiger partial charge is 0.223 e. The predicted molar refractivity (Wildman–Crippen MR) is 61.7 cm³/mol. The summed E-state index contributed by atoms with van der Waals surface area (Å²) in [7, 11) is 0. The number of nitrogens with two attached hydrogens (primary N) is 1. The lowest BCUT2D eigenvalue weighted by Gasteiger charge is -2.21. The summed E-state index contributed by atoms with van der Waals surface area (Å²) in [6.45, 7) is 0.190. The number of rotatable bonds is 3. The van der Waals surface area contributed by atoms with Crippen LogP contribution < -0.4 is 11.1 Å². The van der Waals surface area contributed by atoms with E-state index in [2.05, 4.69) is 5.32 Å². The third-order valence-electron chi connectivity index (χ3n) is 4.07. The van der Waals surface area contributed by atoms with Gasteiger partial charge in [-0.3, -0.25) is 4.79 Å². The maximum atomic E-state index is 12.0. The molecule has 0 radical (unpaired) electrons. The average Bonchev–Trinajstić information content (AvgIpc) is 2.86. The van der Waals surface area contributed by atoms with Crippen molar-refractivity contribution >= 4 is 5.91 Å². The summed E-state index contributed by atoms with van der Waals surface area (Å²) < 4.78 is 0. The molecule has 2 fully saturated rings. The molecule has 16 heavy (non-hydrogen) atoms. The maximum absolute atomic E-state index is 12.0. The summed E-state index contributed by atoms with van der Waals surface area (Å²) in [5, 5.41) is 12.3. The van der Waals surface area contributed by atoms with Crippen LogP contribution in [0, 0.1) is 11.8 Å². The quantitative estimate of drug-likeness (QED) is 0.651. The molecule has 0 spiro atoms. The second-order valence-electron chi connectivity index (χ2n) is 5.26. The van der Waals surface area contributed by atoms with Crippen LogP contribution in [-0.2, 0) is 4.79 Å². The van der Waals surface area contributed by atoms with Gasteiger partial charge in [0.2, 0.25) is 5.91 Å². The largest absolute Gasteiger partial charge is 0.396 e. The molecule has 92 valence electrons. The Labute approximate surface area is 96.6 Å². The molecule has 4 unspecified atom stereocenters. The van der Waals surface area contributed by atoms with E-state index in [4.69, 9.17) is 5.73 Å². The number of carbonyl (C=O) groups excluding carboxylic acids is 1. The molecule has 0 bridgehead atoms. The van der Waals surface area contributed by atoms with Crippen molar-refractivity contribution in [2.24, 2.45) is 17.6 Å². The van der Waals surface area contributed by atoms with Gasteiger partial charge in [0.05, 0.1) is 0 Å². The van der Waals surface area contributed by atoms with Gasteiger partial charge in [-0.25, -0.2) is 0 Å².